The molecule has 0 aliphatic carbocycles. The Balaban J connectivity index is 0.00000225. The minimum Gasteiger partial charge on any atom is -0.495 e. The van der Waals surface area contributed by atoms with Gasteiger partial charge in [-0.25, -0.2) is 0 Å². The van der Waals surface area contributed by atoms with E-state index in [1.807, 2.05) is 18.2 Å². The topological polar surface area (TPSA) is 30.5 Å². The quantitative estimate of drug-likeness (QED) is 0.802. The average molecular weight is 266 g/mol. The Morgan fingerprint density at radius 1 is 1.31 bits per heavy atom. The van der Waals surface area contributed by atoms with E-state index >= 15 is 0 Å². The Kier molecular flexibility index (Phi) is 8.39. The molecule has 0 saturated heterocycles. The molecule has 1 aromatic rings. The molecule has 0 fully saturated rings. The van der Waals surface area contributed by atoms with Crippen molar-refractivity contribution in [3.05, 3.63) is 28.8 Å². The third kappa shape index (κ3) is 5.03. The molecular weight excluding hydrogens is 249 g/mol. The highest BCUT2D eigenvalue weighted by Crippen LogP contribution is 2.24. The lowest BCUT2D eigenvalue weighted by molar-refractivity contribution is 0.199. The molecule has 0 aliphatic rings. The summed E-state index contributed by atoms with van der Waals surface area (Å²) in [5.74, 6) is 0.706. The maximum absolute atomic E-state index is 5.99. The molecule has 0 radical (unpaired) electrons. The van der Waals surface area contributed by atoms with E-state index in [-0.39, 0.29) is 12.4 Å². The molecule has 1 N–H and O–H groups in total. The highest BCUT2D eigenvalue weighted by molar-refractivity contribution is 6.32. The number of hydrogen-bond acceptors (Lipinski definition) is 3. The summed E-state index contributed by atoms with van der Waals surface area (Å²) in [5, 5.41) is 3.89. The fourth-order valence-corrected chi connectivity index (χ4v) is 1.51. The second kappa shape index (κ2) is 8.65. The zero-order chi connectivity index (χ0) is 11.1. The van der Waals surface area contributed by atoms with Crippen LogP contribution in [0.3, 0.4) is 0 Å². The molecule has 92 valence electrons. The van der Waals surface area contributed by atoms with Crippen LogP contribution in [0.5, 0.6) is 5.75 Å². The lowest BCUT2D eigenvalue weighted by atomic mass is 10.2. The third-order valence-electron chi connectivity index (χ3n) is 2.03. The van der Waals surface area contributed by atoms with Crippen molar-refractivity contribution in [1.29, 1.82) is 0 Å². The van der Waals surface area contributed by atoms with Gasteiger partial charge in [-0.1, -0.05) is 17.7 Å². The van der Waals surface area contributed by atoms with Gasteiger partial charge in [0.25, 0.3) is 0 Å². The Morgan fingerprint density at radius 2 is 2.06 bits per heavy atom. The molecule has 0 bridgehead atoms. The van der Waals surface area contributed by atoms with E-state index in [9.17, 15) is 0 Å². The van der Waals surface area contributed by atoms with Crippen LogP contribution in [-0.2, 0) is 11.3 Å². The van der Waals surface area contributed by atoms with Gasteiger partial charge in [-0.15, -0.1) is 12.4 Å². The predicted octanol–water partition coefficient (Wildman–Crippen LogP) is 2.51. The second-order valence-electron chi connectivity index (χ2n) is 3.14. The predicted molar refractivity (Wildman–Crippen MR) is 68.8 cm³/mol. The molecule has 1 aromatic carbocycles. The Labute approximate surface area is 107 Å². The van der Waals surface area contributed by atoms with Crippen LogP contribution in [0.1, 0.15) is 5.56 Å². The third-order valence-corrected chi connectivity index (χ3v) is 2.32. The van der Waals surface area contributed by atoms with E-state index in [2.05, 4.69) is 5.32 Å². The van der Waals surface area contributed by atoms with Gasteiger partial charge in [-0.2, -0.15) is 0 Å². The highest BCUT2D eigenvalue weighted by Gasteiger charge is 2.00. The van der Waals surface area contributed by atoms with E-state index in [0.29, 0.717) is 17.4 Å². The minimum absolute atomic E-state index is 0. The molecule has 1 rings (SSSR count). The Hall–Kier alpha value is -0.480. The summed E-state index contributed by atoms with van der Waals surface area (Å²) in [6.45, 7) is 2.33. The van der Waals surface area contributed by atoms with Crippen LogP contribution in [0.4, 0.5) is 0 Å². The lowest BCUT2D eigenvalue weighted by Gasteiger charge is -2.07. The van der Waals surface area contributed by atoms with E-state index in [0.717, 1.165) is 18.7 Å². The van der Waals surface area contributed by atoms with Gasteiger partial charge >= 0.3 is 0 Å². The first-order valence-electron chi connectivity index (χ1n) is 4.80. The summed E-state index contributed by atoms with van der Waals surface area (Å²) in [7, 11) is 3.30. The largest absolute Gasteiger partial charge is 0.495 e. The molecule has 0 unspecified atom stereocenters. The first-order chi connectivity index (χ1) is 7.27. The van der Waals surface area contributed by atoms with Crippen molar-refractivity contribution in [2.45, 2.75) is 6.54 Å². The average Bonchev–Trinajstić information content (AvgIpc) is 2.25. The normalized spacial score (nSPS) is 9.69. The minimum atomic E-state index is 0. The van der Waals surface area contributed by atoms with Crippen molar-refractivity contribution >= 4 is 24.0 Å². The first-order valence-corrected chi connectivity index (χ1v) is 5.17. The smallest absolute Gasteiger partial charge is 0.137 e. The van der Waals surface area contributed by atoms with E-state index in [4.69, 9.17) is 21.1 Å². The second-order valence-corrected chi connectivity index (χ2v) is 3.55. The zero-order valence-electron chi connectivity index (χ0n) is 9.46. The number of halogens is 2. The molecule has 0 spiro atoms. The highest BCUT2D eigenvalue weighted by atomic mass is 35.5. The monoisotopic (exact) mass is 265 g/mol. The lowest BCUT2D eigenvalue weighted by Crippen LogP contribution is -2.18. The molecule has 0 aliphatic heterocycles. The van der Waals surface area contributed by atoms with Gasteiger partial charge < -0.3 is 14.8 Å². The number of hydrogen-bond donors (Lipinski definition) is 1. The molecule has 0 aromatic heterocycles. The van der Waals surface area contributed by atoms with Crippen LogP contribution in [0.25, 0.3) is 0 Å². The molecule has 3 nitrogen and oxygen atoms in total. The molecule has 0 atom stereocenters. The standard InChI is InChI=1S/C11H16ClNO2.ClH/c1-14-6-5-13-8-9-3-4-11(15-2)10(12)7-9;/h3-4,7,13H,5-6,8H2,1-2H3;1H. The number of benzene rings is 1. The summed E-state index contributed by atoms with van der Waals surface area (Å²) in [6, 6.07) is 5.76. The van der Waals surface area contributed by atoms with Crippen molar-refractivity contribution in [2.75, 3.05) is 27.4 Å². The van der Waals surface area contributed by atoms with Gasteiger partial charge in [-0.3, -0.25) is 0 Å². The van der Waals surface area contributed by atoms with Gasteiger partial charge in [0.05, 0.1) is 18.7 Å². The maximum Gasteiger partial charge on any atom is 0.137 e. The van der Waals surface area contributed by atoms with Crippen LogP contribution < -0.4 is 10.1 Å². The van der Waals surface area contributed by atoms with E-state index < -0.39 is 0 Å². The fourth-order valence-electron chi connectivity index (χ4n) is 1.23. The summed E-state index contributed by atoms with van der Waals surface area (Å²) >= 11 is 5.99. The molecule has 0 amide bonds. The van der Waals surface area contributed by atoms with Crippen molar-refractivity contribution in [3.8, 4) is 5.75 Å². The van der Waals surface area contributed by atoms with Gasteiger partial charge in [0.1, 0.15) is 5.75 Å². The summed E-state index contributed by atoms with van der Waals surface area (Å²) < 4.78 is 10.0. The first kappa shape index (κ1) is 15.5. The fraction of sp³-hybridized carbons (Fsp3) is 0.455. The van der Waals surface area contributed by atoms with E-state index in [1.54, 1.807) is 14.2 Å². The SMILES string of the molecule is COCCNCc1ccc(OC)c(Cl)c1.Cl. The Morgan fingerprint density at radius 3 is 2.62 bits per heavy atom. The van der Waals surface area contributed by atoms with Crippen LogP contribution in [0.15, 0.2) is 18.2 Å². The maximum atomic E-state index is 5.99. The number of nitrogens with one attached hydrogen (secondary N) is 1. The van der Waals surface area contributed by atoms with Crippen molar-refractivity contribution < 1.29 is 9.47 Å². The number of rotatable bonds is 6. The van der Waals surface area contributed by atoms with Crippen LogP contribution >= 0.6 is 24.0 Å². The van der Waals surface area contributed by atoms with Crippen molar-refractivity contribution in [2.24, 2.45) is 0 Å². The van der Waals surface area contributed by atoms with Crippen LogP contribution in [0, 0.1) is 0 Å². The van der Waals surface area contributed by atoms with Gasteiger partial charge in [0.15, 0.2) is 0 Å². The molecule has 0 heterocycles. The summed E-state index contributed by atoms with van der Waals surface area (Å²) in [4.78, 5) is 0. The summed E-state index contributed by atoms with van der Waals surface area (Å²) in [5.41, 5.74) is 1.14. The summed E-state index contributed by atoms with van der Waals surface area (Å²) in [6.07, 6.45) is 0. The number of ether oxygens (including phenoxy) is 2. The molecule has 16 heavy (non-hydrogen) atoms. The van der Waals surface area contributed by atoms with Crippen LogP contribution in [-0.4, -0.2) is 27.4 Å². The zero-order valence-corrected chi connectivity index (χ0v) is 11.0. The van der Waals surface area contributed by atoms with Crippen LogP contribution in [0.2, 0.25) is 5.02 Å². The molecular formula is C11H17Cl2NO2. The molecule has 0 saturated carbocycles. The van der Waals surface area contributed by atoms with E-state index in [1.165, 1.54) is 0 Å². The number of methoxy groups -OCH3 is 2. The van der Waals surface area contributed by atoms with Crippen molar-refractivity contribution in [1.82, 2.24) is 5.32 Å². The van der Waals surface area contributed by atoms with Gasteiger partial charge in [0.2, 0.25) is 0 Å². The van der Waals surface area contributed by atoms with Gasteiger partial charge in [-0.05, 0) is 17.7 Å². The molecule has 5 heteroatoms. The van der Waals surface area contributed by atoms with Gasteiger partial charge in [0, 0.05) is 20.2 Å². The Bertz CT molecular complexity index is 308. The van der Waals surface area contributed by atoms with Crippen molar-refractivity contribution in [3.63, 3.8) is 0 Å².